The summed E-state index contributed by atoms with van der Waals surface area (Å²) in [6, 6.07) is 5.33. The van der Waals surface area contributed by atoms with Gasteiger partial charge in [0.15, 0.2) is 0 Å². The molecular weight excluding hydrogens is 272 g/mol. The first kappa shape index (κ1) is 9.84. The highest BCUT2D eigenvalue weighted by Crippen LogP contribution is 2.41. The topological polar surface area (TPSA) is 58.2 Å². The van der Waals surface area contributed by atoms with E-state index in [2.05, 4.69) is 26.6 Å². The van der Waals surface area contributed by atoms with Crippen molar-refractivity contribution in [3.63, 3.8) is 0 Å². The molecule has 1 atom stereocenters. The van der Waals surface area contributed by atoms with Crippen molar-refractivity contribution >= 4 is 27.9 Å². The molecule has 1 heterocycles. The lowest BCUT2D eigenvalue weighted by molar-refractivity contribution is -0.124. The maximum absolute atomic E-state index is 11.9. The van der Waals surface area contributed by atoms with Crippen molar-refractivity contribution in [1.29, 1.82) is 0 Å². The summed E-state index contributed by atoms with van der Waals surface area (Å²) in [6.07, 6.45) is 1.42. The van der Waals surface area contributed by atoms with Crippen molar-refractivity contribution in [2.45, 2.75) is 18.4 Å². The second kappa shape index (κ2) is 3.07. The van der Waals surface area contributed by atoms with Crippen LogP contribution in [0.25, 0.3) is 0 Å². The van der Waals surface area contributed by atoms with Crippen LogP contribution in [0.15, 0.2) is 22.7 Å². The Morgan fingerprint density at radius 1 is 1.31 bits per heavy atom. The van der Waals surface area contributed by atoms with E-state index in [-0.39, 0.29) is 5.91 Å². The van der Waals surface area contributed by atoms with E-state index < -0.39 is 11.6 Å². The van der Waals surface area contributed by atoms with Gasteiger partial charge in [0.2, 0.25) is 0 Å². The fraction of sp³-hybridized carbons (Fsp3) is 0.273. The van der Waals surface area contributed by atoms with Gasteiger partial charge in [-0.15, -0.1) is 0 Å². The van der Waals surface area contributed by atoms with Crippen molar-refractivity contribution in [3.8, 4) is 0 Å². The van der Waals surface area contributed by atoms with Crippen LogP contribution in [0.2, 0.25) is 0 Å². The molecule has 0 unspecified atom stereocenters. The van der Waals surface area contributed by atoms with Gasteiger partial charge < -0.3 is 5.32 Å². The number of fused-ring (bicyclic) bond motifs is 2. The van der Waals surface area contributed by atoms with Gasteiger partial charge in [-0.25, -0.2) is 4.79 Å². The van der Waals surface area contributed by atoms with Crippen LogP contribution in [-0.2, 0) is 16.8 Å². The number of rotatable bonds is 0. The molecule has 5 heteroatoms. The number of hydrogen-bond donors (Lipinski definition) is 2. The van der Waals surface area contributed by atoms with Gasteiger partial charge in [0.05, 0.1) is 0 Å². The Hall–Kier alpha value is -1.36. The standard InChI is InChI=1S/C11H9BrN2O2/c12-8-3-1-2-7-6(8)4-5-11(7)9(15)13-10(16)14-11/h1-3H,4-5H2,(H2,13,14,15,16)/t11-/m1/s1. The molecule has 0 radical (unpaired) electrons. The molecule has 2 N–H and O–H groups in total. The van der Waals surface area contributed by atoms with E-state index in [1.54, 1.807) is 0 Å². The number of hydrogen-bond acceptors (Lipinski definition) is 2. The van der Waals surface area contributed by atoms with E-state index in [0.717, 1.165) is 22.0 Å². The van der Waals surface area contributed by atoms with Crippen LogP contribution in [0.4, 0.5) is 4.79 Å². The zero-order valence-electron chi connectivity index (χ0n) is 8.34. The first-order chi connectivity index (χ1) is 7.63. The molecule has 3 rings (SSSR count). The predicted octanol–water partition coefficient (Wildman–Crippen LogP) is 1.43. The number of carbonyl (C=O) groups is 2. The first-order valence-corrected chi connectivity index (χ1v) is 5.84. The maximum atomic E-state index is 11.9. The van der Waals surface area contributed by atoms with Crippen LogP contribution in [0.5, 0.6) is 0 Å². The van der Waals surface area contributed by atoms with Crippen LogP contribution in [0, 0.1) is 0 Å². The zero-order valence-corrected chi connectivity index (χ0v) is 9.93. The van der Waals surface area contributed by atoms with Crippen molar-refractivity contribution in [2.75, 3.05) is 0 Å². The Labute approximate surface area is 101 Å². The smallest absolute Gasteiger partial charge is 0.319 e. The summed E-state index contributed by atoms with van der Waals surface area (Å²) in [5, 5.41) is 5.05. The summed E-state index contributed by atoms with van der Waals surface area (Å²) in [6.45, 7) is 0. The summed E-state index contributed by atoms with van der Waals surface area (Å²) in [4.78, 5) is 23.1. The maximum Gasteiger partial charge on any atom is 0.322 e. The number of urea groups is 1. The molecule has 82 valence electrons. The van der Waals surface area contributed by atoms with Gasteiger partial charge in [-0.05, 0) is 30.0 Å². The fourth-order valence-corrected chi connectivity index (χ4v) is 3.08. The number of benzene rings is 1. The number of imide groups is 1. The van der Waals surface area contributed by atoms with E-state index in [1.165, 1.54) is 0 Å². The predicted molar refractivity (Wildman–Crippen MR) is 60.8 cm³/mol. The van der Waals surface area contributed by atoms with E-state index in [4.69, 9.17) is 0 Å². The molecule has 1 aromatic rings. The summed E-state index contributed by atoms with van der Waals surface area (Å²) < 4.78 is 0.996. The Bertz CT molecular complexity index is 515. The van der Waals surface area contributed by atoms with Gasteiger partial charge in [0, 0.05) is 4.47 Å². The van der Waals surface area contributed by atoms with E-state index in [0.29, 0.717) is 6.42 Å². The van der Waals surface area contributed by atoms with Crippen molar-refractivity contribution in [1.82, 2.24) is 10.6 Å². The Kier molecular flexibility index (Phi) is 1.89. The lowest BCUT2D eigenvalue weighted by Gasteiger charge is -2.20. The fourth-order valence-electron chi connectivity index (χ4n) is 2.52. The molecule has 3 amide bonds. The van der Waals surface area contributed by atoms with Gasteiger partial charge in [-0.3, -0.25) is 10.1 Å². The third-order valence-electron chi connectivity index (χ3n) is 3.27. The molecule has 1 saturated heterocycles. The first-order valence-electron chi connectivity index (χ1n) is 5.05. The Morgan fingerprint density at radius 3 is 2.81 bits per heavy atom. The number of carbonyl (C=O) groups excluding carboxylic acids is 2. The number of nitrogens with one attached hydrogen (secondary N) is 2. The van der Waals surface area contributed by atoms with E-state index in [9.17, 15) is 9.59 Å². The molecule has 0 bridgehead atoms. The van der Waals surface area contributed by atoms with E-state index >= 15 is 0 Å². The van der Waals surface area contributed by atoms with Crippen molar-refractivity contribution in [3.05, 3.63) is 33.8 Å². The molecular formula is C11H9BrN2O2. The normalized spacial score (nSPS) is 26.8. The average molecular weight is 281 g/mol. The minimum atomic E-state index is -0.837. The van der Waals surface area contributed by atoms with E-state index in [1.807, 2.05) is 18.2 Å². The highest BCUT2D eigenvalue weighted by Gasteiger charge is 2.51. The third kappa shape index (κ3) is 1.09. The molecule has 16 heavy (non-hydrogen) atoms. The Morgan fingerprint density at radius 2 is 2.12 bits per heavy atom. The zero-order chi connectivity index (χ0) is 11.3. The van der Waals surface area contributed by atoms with Crippen LogP contribution < -0.4 is 10.6 Å². The van der Waals surface area contributed by atoms with Crippen molar-refractivity contribution in [2.24, 2.45) is 0 Å². The molecule has 1 aromatic carbocycles. The third-order valence-corrected chi connectivity index (χ3v) is 4.01. The number of amides is 3. The highest BCUT2D eigenvalue weighted by atomic mass is 79.9. The van der Waals surface area contributed by atoms with Crippen LogP contribution in [0.1, 0.15) is 17.5 Å². The van der Waals surface area contributed by atoms with Gasteiger partial charge in [0.25, 0.3) is 5.91 Å². The second-order valence-corrected chi connectivity index (χ2v) is 4.93. The van der Waals surface area contributed by atoms with Crippen molar-refractivity contribution < 1.29 is 9.59 Å². The summed E-state index contributed by atoms with van der Waals surface area (Å²) >= 11 is 3.47. The molecule has 1 fully saturated rings. The van der Waals surface area contributed by atoms with Gasteiger partial charge in [0.1, 0.15) is 5.54 Å². The van der Waals surface area contributed by atoms with Gasteiger partial charge in [-0.2, -0.15) is 0 Å². The molecule has 2 aliphatic rings. The molecule has 4 nitrogen and oxygen atoms in total. The molecule has 1 aliphatic heterocycles. The lowest BCUT2D eigenvalue weighted by Crippen LogP contribution is -2.41. The molecule has 1 spiro atoms. The molecule has 0 aromatic heterocycles. The van der Waals surface area contributed by atoms with Gasteiger partial charge >= 0.3 is 6.03 Å². The monoisotopic (exact) mass is 280 g/mol. The summed E-state index contributed by atoms with van der Waals surface area (Å²) in [7, 11) is 0. The Balaban J connectivity index is 2.19. The van der Waals surface area contributed by atoms with Crippen LogP contribution >= 0.6 is 15.9 Å². The largest absolute Gasteiger partial charge is 0.322 e. The minimum absolute atomic E-state index is 0.241. The average Bonchev–Trinajstić information content (AvgIpc) is 2.72. The van der Waals surface area contributed by atoms with Crippen LogP contribution in [-0.4, -0.2) is 11.9 Å². The summed E-state index contributed by atoms with van der Waals surface area (Å²) in [5.41, 5.74) is 1.18. The SMILES string of the molecule is O=C1NC(=O)[C@]2(CCc3c(Br)cccc32)N1. The number of halogens is 1. The highest BCUT2D eigenvalue weighted by molar-refractivity contribution is 9.10. The van der Waals surface area contributed by atoms with Gasteiger partial charge in [-0.1, -0.05) is 28.1 Å². The lowest BCUT2D eigenvalue weighted by atomic mass is 9.92. The van der Waals surface area contributed by atoms with Crippen LogP contribution in [0.3, 0.4) is 0 Å². The molecule has 0 saturated carbocycles. The molecule has 1 aliphatic carbocycles. The quantitative estimate of drug-likeness (QED) is 0.707. The second-order valence-electron chi connectivity index (χ2n) is 4.08. The summed E-state index contributed by atoms with van der Waals surface area (Å²) in [5.74, 6) is -0.241. The minimum Gasteiger partial charge on any atom is -0.319 e.